The lowest BCUT2D eigenvalue weighted by Gasteiger charge is -2.36. The SMILES string of the molecule is O=C(c1ccc(Br)cc1)[C@H](C(=O)N1CCN(C/C=C/c2ccccc2)CC1)n1ccccc1=O. The van der Waals surface area contributed by atoms with Crippen molar-refractivity contribution in [3.63, 3.8) is 0 Å². The zero-order chi connectivity index (χ0) is 23.9. The fourth-order valence-electron chi connectivity index (χ4n) is 4.01. The molecule has 2 heterocycles. The summed E-state index contributed by atoms with van der Waals surface area (Å²) >= 11 is 3.37. The minimum absolute atomic E-state index is 0.347. The highest BCUT2D eigenvalue weighted by Crippen LogP contribution is 2.20. The van der Waals surface area contributed by atoms with Crippen LogP contribution in [0, 0.1) is 0 Å². The Morgan fingerprint density at radius 2 is 1.56 bits per heavy atom. The summed E-state index contributed by atoms with van der Waals surface area (Å²) < 4.78 is 2.07. The molecule has 0 bridgehead atoms. The van der Waals surface area contributed by atoms with E-state index in [2.05, 4.69) is 45.1 Å². The van der Waals surface area contributed by atoms with Crippen LogP contribution < -0.4 is 5.56 Å². The van der Waals surface area contributed by atoms with Gasteiger partial charge in [0.05, 0.1) is 0 Å². The summed E-state index contributed by atoms with van der Waals surface area (Å²) in [5, 5.41) is 0. The summed E-state index contributed by atoms with van der Waals surface area (Å²) in [4.78, 5) is 43.4. The first-order chi connectivity index (χ1) is 16.5. The lowest BCUT2D eigenvalue weighted by Crippen LogP contribution is -2.52. The van der Waals surface area contributed by atoms with E-state index in [1.165, 1.54) is 16.8 Å². The second-order valence-electron chi connectivity index (χ2n) is 8.16. The molecule has 34 heavy (non-hydrogen) atoms. The number of ketones is 1. The molecule has 1 atom stereocenters. The number of benzene rings is 2. The largest absolute Gasteiger partial charge is 0.338 e. The Labute approximate surface area is 207 Å². The van der Waals surface area contributed by atoms with E-state index in [9.17, 15) is 14.4 Å². The number of carbonyl (C=O) groups excluding carboxylic acids is 2. The number of nitrogens with zero attached hydrogens (tertiary/aromatic N) is 3. The van der Waals surface area contributed by atoms with E-state index >= 15 is 0 Å². The molecule has 0 N–H and O–H groups in total. The van der Waals surface area contributed by atoms with Crippen molar-refractivity contribution in [3.8, 4) is 0 Å². The smallest absolute Gasteiger partial charge is 0.253 e. The Morgan fingerprint density at radius 1 is 0.882 bits per heavy atom. The molecule has 174 valence electrons. The number of carbonyl (C=O) groups is 2. The Kier molecular flexibility index (Phi) is 7.87. The van der Waals surface area contributed by atoms with Gasteiger partial charge in [-0.2, -0.15) is 0 Å². The van der Waals surface area contributed by atoms with E-state index in [-0.39, 0.29) is 17.2 Å². The maximum atomic E-state index is 13.5. The lowest BCUT2D eigenvalue weighted by atomic mass is 10.0. The zero-order valence-electron chi connectivity index (χ0n) is 18.7. The molecule has 7 heteroatoms. The number of halogens is 1. The molecule has 3 aromatic rings. The maximum Gasteiger partial charge on any atom is 0.253 e. The van der Waals surface area contributed by atoms with Crippen molar-refractivity contribution in [2.45, 2.75) is 6.04 Å². The molecule has 0 saturated carbocycles. The first-order valence-corrected chi connectivity index (χ1v) is 12.0. The van der Waals surface area contributed by atoms with E-state index in [1.807, 2.05) is 18.2 Å². The zero-order valence-corrected chi connectivity index (χ0v) is 20.3. The Balaban J connectivity index is 1.46. The van der Waals surface area contributed by atoms with Crippen molar-refractivity contribution in [3.05, 3.63) is 111 Å². The fourth-order valence-corrected chi connectivity index (χ4v) is 4.27. The van der Waals surface area contributed by atoms with Crippen molar-refractivity contribution in [1.29, 1.82) is 0 Å². The van der Waals surface area contributed by atoms with E-state index in [0.29, 0.717) is 31.7 Å². The maximum absolute atomic E-state index is 13.5. The molecule has 0 spiro atoms. The second kappa shape index (κ2) is 11.2. The molecule has 1 saturated heterocycles. The predicted molar refractivity (Wildman–Crippen MR) is 137 cm³/mol. The Bertz CT molecular complexity index is 1210. The summed E-state index contributed by atoms with van der Waals surface area (Å²) in [6.07, 6.45) is 5.72. The summed E-state index contributed by atoms with van der Waals surface area (Å²) in [6, 6.07) is 20.4. The normalized spacial score (nSPS) is 15.4. The number of Topliss-reactive ketones (excluding diaryl/α,β-unsaturated/α-hetero) is 1. The average molecular weight is 520 g/mol. The number of aromatic nitrogens is 1. The summed E-state index contributed by atoms with van der Waals surface area (Å²) in [7, 11) is 0. The lowest BCUT2D eigenvalue weighted by molar-refractivity contribution is -0.135. The van der Waals surface area contributed by atoms with Gasteiger partial charge in [0, 0.05) is 55.0 Å². The molecular weight excluding hydrogens is 494 g/mol. The number of amides is 1. The van der Waals surface area contributed by atoms with Gasteiger partial charge in [0.2, 0.25) is 0 Å². The van der Waals surface area contributed by atoms with Gasteiger partial charge in [-0.3, -0.25) is 23.9 Å². The van der Waals surface area contributed by atoms with Gasteiger partial charge in [-0.25, -0.2) is 0 Å². The van der Waals surface area contributed by atoms with Gasteiger partial charge in [0.15, 0.2) is 11.8 Å². The van der Waals surface area contributed by atoms with Crippen LogP contribution in [0.4, 0.5) is 0 Å². The first kappa shape index (κ1) is 23.9. The van der Waals surface area contributed by atoms with Crippen LogP contribution in [0.3, 0.4) is 0 Å². The topological polar surface area (TPSA) is 62.6 Å². The van der Waals surface area contributed by atoms with E-state index in [0.717, 1.165) is 16.6 Å². The van der Waals surface area contributed by atoms with Crippen LogP contribution in [-0.2, 0) is 4.79 Å². The van der Waals surface area contributed by atoms with Crippen LogP contribution in [0.25, 0.3) is 6.08 Å². The second-order valence-corrected chi connectivity index (χ2v) is 9.07. The fraction of sp³-hybridized carbons (Fsp3) is 0.222. The first-order valence-electron chi connectivity index (χ1n) is 11.2. The van der Waals surface area contributed by atoms with Crippen LogP contribution in [0.15, 0.2) is 94.3 Å². The van der Waals surface area contributed by atoms with Gasteiger partial charge in [-0.15, -0.1) is 0 Å². The Morgan fingerprint density at radius 3 is 2.24 bits per heavy atom. The van der Waals surface area contributed by atoms with Crippen molar-refractivity contribution in [2.24, 2.45) is 0 Å². The van der Waals surface area contributed by atoms with Crippen molar-refractivity contribution in [2.75, 3.05) is 32.7 Å². The molecule has 6 nitrogen and oxygen atoms in total. The molecule has 1 amide bonds. The molecule has 1 aliphatic heterocycles. The number of rotatable bonds is 7. The van der Waals surface area contributed by atoms with Crippen LogP contribution in [0.2, 0.25) is 0 Å². The van der Waals surface area contributed by atoms with E-state index in [1.54, 1.807) is 41.3 Å². The van der Waals surface area contributed by atoms with Gasteiger partial charge in [-0.1, -0.05) is 76.6 Å². The quantitative estimate of drug-likeness (QED) is 0.351. The third-order valence-corrected chi connectivity index (χ3v) is 6.43. The van der Waals surface area contributed by atoms with Crippen molar-refractivity contribution >= 4 is 33.7 Å². The highest BCUT2D eigenvalue weighted by Gasteiger charge is 2.34. The molecular formula is C27H26BrN3O3. The third-order valence-electron chi connectivity index (χ3n) is 5.90. The molecule has 0 radical (unpaired) electrons. The van der Waals surface area contributed by atoms with Crippen molar-refractivity contribution in [1.82, 2.24) is 14.4 Å². The monoisotopic (exact) mass is 519 g/mol. The molecule has 0 unspecified atom stereocenters. The molecule has 1 aromatic heterocycles. The van der Waals surface area contributed by atoms with E-state index < -0.39 is 6.04 Å². The molecule has 1 fully saturated rings. The summed E-state index contributed by atoms with van der Waals surface area (Å²) in [6.45, 7) is 3.20. The standard InChI is InChI=1S/C27H26BrN3O3/c28-23-13-11-22(12-14-23)26(33)25(31-16-5-4-10-24(31)32)27(34)30-19-17-29(18-20-30)15-6-9-21-7-2-1-3-8-21/h1-14,16,25H,15,17-20H2/b9-6+/t25-/m1/s1. The summed E-state index contributed by atoms with van der Waals surface area (Å²) in [5.74, 6) is -0.736. The minimum Gasteiger partial charge on any atom is -0.338 e. The Hall–Kier alpha value is -3.29. The number of hydrogen-bond donors (Lipinski definition) is 0. The number of hydrogen-bond acceptors (Lipinski definition) is 4. The molecule has 2 aromatic carbocycles. The highest BCUT2D eigenvalue weighted by molar-refractivity contribution is 9.10. The van der Waals surface area contributed by atoms with Crippen LogP contribution >= 0.6 is 15.9 Å². The van der Waals surface area contributed by atoms with Gasteiger partial charge < -0.3 is 4.90 Å². The molecule has 4 rings (SSSR count). The molecule has 1 aliphatic rings. The number of pyridine rings is 1. The number of piperazine rings is 1. The van der Waals surface area contributed by atoms with Gasteiger partial charge >= 0.3 is 0 Å². The minimum atomic E-state index is -1.22. The van der Waals surface area contributed by atoms with Gasteiger partial charge in [-0.05, 0) is 23.8 Å². The molecule has 0 aliphatic carbocycles. The van der Waals surface area contributed by atoms with Crippen molar-refractivity contribution < 1.29 is 9.59 Å². The van der Waals surface area contributed by atoms with Gasteiger partial charge in [0.25, 0.3) is 11.5 Å². The average Bonchev–Trinajstić information content (AvgIpc) is 2.87. The predicted octanol–water partition coefficient (Wildman–Crippen LogP) is 3.89. The third kappa shape index (κ3) is 5.79. The van der Waals surface area contributed by atoms with E-state index in [4.69, 9.17) is 0 Å². The van der Waals surface area contributed by atoms with Gasteiger partial charge in [0.1, 0.15) is 0 Å². The van der Waals surface area contributed by atoms with Crippen LogP contribution in [0.5, 0.6) is 0 Å². The van der Waals surface area contributed by atoms with Crippen LogP contribution in [0.1, 0.15) is 22.0 Å². The van der Waals surface area contributed by atoms with Crippen LogP contribution in [-0.4, -0.2) is 58.8 Å². The summed E-state index contributed by atoms with van der Waals surface area (Å²) in [5.41, 5.74) is 1.16. The highest BCUT2D eigenvalue weighted by atomic mass is 79.9.